The molecule has 0 unspecified atom stereocenters. The van der Waals surface area contributed by atoms with Gasteiger partial charge >= 0.3 is 5.97 Å². The number of rotatable bonds is 2. The quantitative estimate of drug-likeness (QED) is 0.501. The third-order valence-corrected chi connectivity index (χ3v) is 7.74. The van der Waals surface area contributed by atoms with Crippen LogP contribution in [0, 0.1) is 12.8 Å². The average molecular weight is 499 g/mol. The van der Waals surface area contributed by atoms with Gasteiger partial charge in [-0.2, -0.15) is 0 Å². The third kappa shape index (κ3) is 5.38. The second-order valence-corrected chi connectivity index (χ2v) is 10.4. The van der Waals surface area contributed by atoms with Gasteiger partial charge in [-0.1, -0.05) is 37.3 Å². The van der Waals surface area contributed by atoms with Crippen molar-refractivity contribution in [1.82, 2.24) is 9.88 Å². The van der Waals surface area contributed by atoms with Crippen LogP contribution >= 0.6 is 0 Å². The number of ether oxygens (including phenoxy) is 1. The normalized spacial score (nSPS) is 18.8. The fourth-order valence-electron chi connectivity index (χ4n) is 5.53. The Hall–Kier alpha value is -3.67. The Kier molecular flexibility index (Phi) is 7.26. The summed E-state index contributed by atoms with van der Waals surface area (Å²) in [5, 5.41) is 9.95. The number of hydrogen-bond acceptors (Lipinski definition) is 4. The summed E-state index contributed by atoms with van der Waals surface area (Å²) in [6.07, 6.45) is 6.55. The first-order chi connectivity index (χ1) is 17.9. The number of aryl methyl sites for hydroxylation is 2. The van der Waals surface area contributed by atoms with E-state index in [0.717, 1.165) is 54.4 Å². The minimum atomic E-state index is -0.855. The van der Waals surface area contributed by atoms with E-state index in [2.05, 4.69) is 29.2 Å². The smallest absolute Gasteiger partial charge is 0.307 e. The van der Waals surface area contributed by atoms with Crippen LogP contribution in [-0.2, 0) is 24.2 Å². The molecule has 0 radical (unpaired) electrons. The molecule has 0 aliphatic carbocycles. The summed E-state index contributed by atoms with van der Waals surface area (Å²) in [5.74, 6) is -1.22. The van der Waals surface area contributed by atoms with Gasteiger partial charge in [0.05, 0.1) is 12.5 Å². The van der Waals surface area contributed by atoms with Crippen LogP contribution in [-0.4, -0.2) is 40.0 Å². The number of benzene rings is 2. The van der Waals surface area contributed by atoms with Gasteiger partial charge < -0.3 is 14.7 Å². The van der Waals surface area contributed by atoms with E-state index < -0.39 is 11.9 Å². The van der Waals surface area contributed by atoms with Crippen LogP contribution in [0.2, 0.25) is 0 Å². The number of aliphatic carboxylic acids is 1. The first-order valence-electron chi connectivity index (χ1n) is 13.2. The topological polar surface area (TPSA) is 79.7 Å². The van der Waals surface area contributed by atoms with Crippen LogP contribution < -0.4 is 4.74 Å². The van der Waals surface area contributed by atoms with E-state index in [9.17, 15) is 14.7 Å². The van der Waals surface area contributed by atoms with E-state index in [1.165, 1.54) is 11.1 Å². The lowest BCUT2D eigenvalue weighted by molar-refractivity contribution is -0.141. The number of carbonyl (C=O) groups excluding carboxylic acids is 1. The van der Waals surface area contributed by atoms with Gasteiger partial charge in [-0.05, 0) is 85.0 Å². The van der Waals surface area contributed by atoms with Crippen molar-refractivity contribution in [1.29, 1.82) is 0 Å². The maximum absolute atomic E-state index is 13.3. The highest BCUT2D eigenvalue weighted by Gasteiger charge is 2.30. The molecule has 37 heavy (non-hydrogen) atoms. The van der Waals surface area contributed by atoms with E-state index in [-0.39, 0.29) is 11.8 Å². The predicted octanol–water partition coefficient (Wildman–Crippen LogP) is 5.55. The fourth-order valence-corrected chi connectivity index (χ4v) is 5.53. The van der Waals surface area contributed by atoms with E-state index >= 15 is 0 Å². The zero-order chi connectivity index (χ0) is 25.9. The highest BCUT2D eigenvalue weighted by molar-refractivity contribution is 5.94. The molecular formula is C31H34N2O4. The van der Waals surface area contributed by atoms with Gasteiger partial charge in [-0.15, -0.1) is 0 Å². The fraction of sp³-hybridized carbons (Fsp3) is 0.387. The molecular weight excluding hydrogens is 464 g/mol. The molecule has 0 saturated heterocycles. The van der Waals surface area contributed by atoms with Crippen molar-refractivity contribution in [3.05, 3.63) is 93.7 Å². The lowest BCUT2D eigenvalue weighted by Crippen LogP contribution is -2.36. The van der Waals surface area contributed by atoms with Crippen LogP contribution in [0.25, 0.3) is 0 Å². The lowest BCUT2D eigenvalue weighted by Gasteiger charge is -2.31. The lowest BCUT2D eigenvalue weighted by atomic mass is 9.80. The monoisotopic (exact) mass is 498 g/mol. The number of carboxylic acid groups (broad SMARTS) is 1. The average Bonchev–Trinajstić information content (AvgIpc) is 2.90. The minimum Gasteiger partial charge on any atom is -0.481 e. The van der Waals surface area contributed by atoms with Crippen molar-refractivity contribution in [2.24, 2.45) is 5.92 Å². The molecule has 2 atom stereocenters. The van der Waals surface area contributed by atoms with Crippen LogP contribution in [0.4, 0.5) is 0 Å². The minimum absolute atomic E-state index is 0.0384. The summed E-state index contributed by atoms with van der Waals surface area (Å²) in [5.41, 5.74) is 6.92. The molecule has 1 amide bonds. The SMILES string of the molecule is Cc1cc2cnc1OCCCCCc1ccc(cc1)C(=O)N1CCc3ccc(cc3C1)[C@H]2[C@H](C)C(=O)O. The Bertz CT molecular complexity index is 1300. The molecule has 5 aliphatic heterocycles. The van der Waals surface area contributed by atoms with Crippen molar-refractivity contribution in [2.45, 2.75) is 58.4 Å². The maximum atomic E-state index is 13.3. The second kappa shape index (κ2) is 10.8. The molecule has 0 saturated carbocycles. The number of carboxylic acids is 1. The first kappa shape index (κ1) is 25.0. The molecule has 6 nitrogen and oxygen atoms in total. The van der Waals surface area contributed by atoms with Crippen LogP contribution in [0.15, 0.2) is 54.7 Å². The summed E-state index contributed by atoms with van der Waals surface area (Å²) < 4.78 is 5.97. The Morgan fingerprint density at radius 1 is 1.03 bits per heavy atom. The Labute approximate surface area is 218 Å². The molecule has 8 rings (SSSR count). The highest BCUT2D eigenvalue weighted by Crippen LogP contribution is 2.36. The molecule has 0 fully saturated rings. The number of hydrogen-bond donors (Lipinski definition) is 1. The summed E-state index contributed by atoms with van der Waals surface area (Å²) >= 11 is 0. The Morgan fingerprint density at radius 2 is 1.84 bits per heavy atom. The van der Waals surface area contributed by atoms with Gasteiger partial charge in [-0.25, -0.2) is 4.98 Å². The number of pyridine rings is 1. The molecule has 1 aromatic heterocycles. The summed E-state index contributed by atoms with van der Waals surface area (Å²) in [4.78, 5) is 31.9. The van der Waals surface area contributed by atoms with Gasteiger partial charge in [0.15, 0.2) is 0 Å². The second-order valence-electron chi connectivity index (χ2n) is 10.4. The summed E-state index contributed by atoms with van der Waals surface area (Å²) in [7, 11) is 0. The van der Waals surface area contributed by atoms with Crippen molar-refractivity contribution < 1.29 is 19.4 Å². The largest absolute Gasteiger partial charge is 0.481 e. The van der Waals surface area contributed by atoms with Crippen LogP contribution in [0.5, 0.6) is 5.88 Å². The van der Waals surface area contributed by atoms with Gasteiger partial charge in [0, 0.05) is 36.3 Å². The summed E-state index contributed by atoms with van der Waals surface area (Å²) in [6, 6.07) is 16.2. The van der Waals surface area contributed by atoms with Crippen molar-refractivity contribution >= 4 is 11.9 Å². The number of carbonyl (C=O) groups is 2. The number of amides is 1. The maximum Gasteiger partial charge on any atom is 0.307 e. The van der Waals surface area contributed by atoms with E-state index in [1.807, 2.05) is 36.1 Å². The number of nitrogens with zero attached hydrogens (tertiary/aromatic N) is 2. The van der Waals surface area contributed by atoms with Gasteiger partial charge in [-0.3, -0.25) is 9.59 Å². The molecule has 7 bridgehead atoms. The molecule has 6 heterocycles. The van der Waals surface area contributed by atoms with Crippen molar-refractivity contribution in [3.63, 3.8) is 0 Å². The van der Waals surface area contributed by atoms with Crippen molar-refractivity contribution in [3.8, 4) is 5.88 Å². The molecule has 1 N–H and O–H groups in total. The van der Waals surface area contributed by atoms with Gasteiger partial charge in [0.25, 0.3) is 5.91 Å². The molecule has 5 aliphatic rings. The van der Waals surface area contributed by atoms with Crippen LogP contribution in [0.3, 0.4) is 0 Å². The molecule has 2 aromatic carbocycles. The van der Waals surface area contributed by atoms with Crippen molar-refractivity contribution in [2.75, 3.05) is 13.2 Å². The zero-order valence-electron chi connectivity index (χ0n) is 21.6. The molecule has 6 heteroatoms. The van der Waals surface area contributed by atoms with E-state index in [1.54, 1.807) is 13.1 Å². The van der Waals surface area contributed by atoms with E-state index in [4.69, 9.17) is 4.74 Å². The number of aromatic nitrogens is 1. The molecule has 192 valence electrons. The van der Waals surface area contributed by atoms with E-state index in [0.29, 0.717) is 31.1 Å². The summed E-state index contributed by atoms with van der Waals surface area (Å²) in [6.45, 7) is 5.49. The molecule has 3 aromatic rings. The van der Waals surface area contributed by atoms with Crippen LogP contribution in [0.1, 0.15) is 75.8 Å². The zero-order valence-corrected chi connectivity index (χ0v) is 21.6. The molecule has 0 spiro atoms. The third-order valence-electron chi connectivity index (χ3n) is 7.74. The standard InChI is InChI=1S/C31H34N2O4/c1-20-16-26-18-32-29(20)37-15-5-3-4-6-22-7-9-24(10-8-22)30(34)33-14-13-23-11-12-25(17-27(23)19-33)28(26)21(2)31(35)36/h7-12,16-18,21,28H,3-6,13-15,19H2,1-2H3,(H,35,36)/t21-,28+/m0/s1. The first-order valence-corrected chi connectivity index (χ1v) is 13.2. The Balaban J connectivity index is 1.54. The Morgan fingerprint density at radius 3 is 2.59 bits per heavy atom. The van der Waals surface area contributed by atoms with Gasteiger partial charge in [0.1, 0.15) is 0 Å². The highest BCUT2D eigenvalue weighted by atomic mass is 16.5. The van der Waals surface area contributed by atoms with Gasteiger partial charge in [0.2, 0.25) is 5.88 Å². The predicted molar refractivity (Wildman–Crippen MR) is 142 cm³/mol.